The van der Waals surface area contributed by atoms with Crippen LogP contribution in [0.3, 0.4) is 0 Å². The third-order valence-corrected chi connectivity index (χ3v) is 3.00. The fourth-order valence-electron chi connectivity index (χ4n) is 1.77. The lowest BCUT2D eigenvalue weighted by atomic mass is 10.0. The van der Waals surface area contributed by atoms with Crippen molar-refractivity contribution >= 4 is 18.0 Å². The lowest BCUT2D eigenvalue weighted by Crippen LogP contribution is -2.30. The Morgan fingerprint density at radius 3 is 2.50 bits per heavy atom. The van der Waals surface area contributed by atoms with Crippen molar-refractivity contribution in [2.24, 2.45) is 5.92 Å². The summed E-state index contributed by atoms with van der Waals surface area (Å²) in [7, 11) is 0. The molecule has 0 saturated carbocycles. The largest absolute Gasteiger partial charge is 0.481 e. The van der Waals surface area contributed by atoms with Gasteiger partial charge < -0.3 is 9.84 Å². The van der Waals surface area contributed by atoms with Gasteiger partial charge in [0.1, 0.15) is 6.10 Å². The molecule has 2 unspecified atom stereocenters. The second-order valence-electron chi connectivity index (χ2n) is 4.63. The molecule has 2 atom stereocenters. The Morgan fingerprint density at radius 1 is 1.30 bits per heavy atom. The van der Waals surface area contributed by atoms with E-state index >= 15 is 0 Å². The molecule has 1 aromatic carbocycles. The van der Waals surface area contributed by atoms with Gasteiger partial charge in [-0.05, 0) is 25.0 Å². The number of hydrogen-bond donors (Lipinski definition) is 1. The summed E-state index contributed by atoms with van der Waals surface area (Å²) in [6, 6.07) is 9.37. The quantitative estimate of drug-likeness (QED) is 0.614. The fourth-order valence-corrected chi connectivity index (χ4v) is 1.77. The van der Waals surface area contributed by atoms with Crippen LogP contribution in [0.15, 0.2) is 36.4 Å². The summed E-state index contributed by atoms with van der Waals surface area (Å²) < 4.78 is 5.23. The third kappa shape index (κ3) is 5.26. The fraction of sp³-hybridized carbons (Fsp3) is 0.375. The van der Waals surface area contributed by atoms with Gasteiger partial charge in [-0.15, -0.1) is 0 Å². The Labute approximate surface area is 119 Å². The number of ether oxygens (including phenoxy) is 1. The number of rotatable bonds is 7. The lowest BCUT2D eigenvalue weighted by Gasteiger charge is -2.19. The molecule has 0 fully saturated rings. The summed E-state index contributed by atoms with van der Waals surface area (Å²) in [5, 5.41) is 8.99. The van der Waals surface area contributed by atoms with Crippen LogP contribution in [0, 0.1) is 5.92 Å². The molecule has 4 heteroatoms. The second-order valence-corrected chi connectivity index (χ2v) is 4.63. The molecular weight excluding hydrogens is 256 g/mol. The van der Waals surface area contributed by atoms with Crippen molar-refractivity contribution in [2.45, 2.75) is 32.8 Å². The Bertz CT molecular complexity index is 465. The Kier molecular flexibility index (Phi) is 6.50. The van der Waals surface area contributed by atoms with E-state index in [0.29, 0.717) is 6.42 Å². The molecule has 0 radical (unpaired) electrons. The van der Waals surface area contributed by atoms with E-state index in [9.17, 15) is 9.59 Å². The van der Waals surface area contributed by atoms with Crippen LogP contribution >= 0.6 is 0 Å². The number of benzene rings is 1. The summed E-state index contributed by atoms with van der Waals surface area (Å²) in [4.78, 5) is 22.7. The van der Waals surface area contributed by atoms with Gasteiger partial charge in [0.2, 0.25) is 0 Å². The van der Waals surface area contributed by atoms with Gasteiger partial charge in [-0.3, -0.25) is 4.79 Å². The maximum atomic E-state index is 11.7. The summed E-state index contributed by atoms with van der Waals surface area (Å²) in [5.74, 6) is -2.17. The highest BCUT2D eigenvalue weighted by Crippen LogP contribution is 2.14. The predicted octanol–water partition coefficient (Wildman–Crippen LogP) is 3.13. The summed E-state index contributed by atoms with van der Waals surface area (Å²) >= 11 is 0. The van der Waals surface area contributed by atoms with Gasteiger partial charge in [-0.1, -0.05) is 43.7 Å². The minimum Gasteiger partial charge on any atom is -0.481 e. The summed E-state index contributed by atoms with van der Waals surface area (Å²) in [6.07, 6.45) is 3.69. The van der Waals surface area contributed by atoms with E-state index in [-0.39, 0.29) is 0 Å². The van der Waals surface area contributed by atoms with Crippen molar-refractivity contribution < 1.29 is 19.4 Å². The van der Waals surface area contributed by atoms with Gasteiger partial charge in [0.15, 0.2) is 0 Å². The van der Waals surface area contributed by atoms with E-state index < -0.39 is 24.0 Å². The molecule has 108 valence electrons. The first-order chi connectivity index (χ1) is 9.54. The first-order valence-electron chi connectivity index (χ1n) is 6.71. The first kappa shape index (κ1) is 16.0. The number of hydrogen-bond acceptors (Lipinski definition) is 3. The zero-order valence-electron chi connectivity index (χ0n) is 11.8. The zero-order chi connectivity index (χ0) is 15.0. The average Bonchev–Trinajstić information content (AvgIpc) is 2.45. The van der Waals surface area contributed by atoms with Crippen LogP contribution in [0.2, 0.25) is 0 Å². The van der Waals surface area contributed by atoms with Crippen molar-refractivity contribution in [1.29, 1.82) is 0 Å². The van der Waals surface area contributed by atoms with E-state index in [1.165, 1.54) is 6.08 Å². The molecule has 0 spiro atoms. The van der Waals surface area contributed by atoms with Crippen molar-refractivity contribution in [2.75, 3.05) is 0 Å². The second kappa shape index (κ2) is 8.15. The highest BCUT2D eigenvalue weighted by molar-refractivity contribution is 5.87. The molecule has 20 heavy (non-hydrogen) atoms. The van der Waals surface area contributed by atoms with Gasteiger partial charge in [0, 0.05) is 6.08 Å². The molecule has 0 saturated heterocycles. The molecule has 0 aliphatic carbocycles. The maximum Gasteiger partial charge on any atom is 0.331 e. The number of esters is 1. The minimum absolute atomic E-state index is 0.514. The molecular formula is C16H20O4. The number of carbonyl (C=O) groups is 2. The standard InChI is InChI=1S/C16H20O4/c1-3-7-14(12(2)16(18)19)20-15(17)11-10-13-8-5-4-6-9-13/h4-6,8-12,14H,3,7H2,1-2H3,(H,18,19)/b11-10+. The van der Waals surface area contributed by atoms with Crippen LogP contribution in [0.5, 0.6) is 0 Å². The van der Waals surface area contributed by atoms with Crippen molar-refractivity contribution in [3.8, 4) is 0 Å². The molecule has 1 rings (SSSR count). The van der Waals surface area contributed by atoms with Crippen LogP contribution in [0.1, 0.15) is 32.3 Å². The molecule has 0 aliphatic heterocycles. The highest BCUT2D eigenvalue weighted by Gasteiger charge is 2.25. The first-order valence-corrected chi connectivity index (χ1v) is 6.71. The van der Waals surface area contributed by atoms with E-state index in [2.05, 4.69) is 0 Å². The van der Waals surface area contributed by atoms with E-state index in [1.807, 2.05) is 37.3 Å². The van der Waals surface area contributed by atoms with Crippen LogP contribution < -0.4 is 0 Å². The maximum absolute atomic E-state index is 11.7. The topological polar surface area (TPSA) is 63.6 Å². The predicted molar refractivity (Wildman–Crippen MR) is 77.1 cm³/mol. The summed E-state index contributed by atoms with van der Waals surface area (Å²) in [5.41, 5.74) is 0.891. The van der Waals surface area contributed by atoms with E-state index in [1.54, 1.807) is 13.0 Å². The molecule has 0 amide bonds. The third-order valence-electron chi connectivity index (χ3n) is 3.00. The molecule has 0 bridgehead atoms. The molecule has 1 aromatic rings. The minimum atomic E-state index is -0.955. The highest BCUT2D eigenvalue weighted by atomic mass is 16.5. The number of carbonyl (C=O) groups excluding carboxylic acids is 1. The SMILES string of the molecule is CCCC(OC(=O)/C=C/c1ccccc1)C(C)C(=O)O. The average molecular weight is 276 g/mol. The van der Waals surface area contributed by atoms with Gasteiger partial charge in [0.25, 0.3) is 0 Å². The van der Waals surface area contributed by atoms with Crippen LogP contribution in [0.4, 0.5) is 0 Å². The van der Waals surface area contributed by atoms with Crippen molar-refractivity contribution in [3.05, 3.63) is 42.0 Å². The Hall–Kier alpha value is -2.10. The molecule has 0 aliphatic rings. The Morgan fingerprint density at radius 2 is 1.95 bits per heavy atom. The number of aliphatic carboxylic acids is 1. The molecule has 0 heterocycles. The van der Waals surface area contributed by atoms with Crippen molar-refractivity contribution in [1.82, 2.24) is 0 Å². The number of carboxylic acids is 1. The molecule has 1 N–H and O–H groups in total. The zero-order valence-corrected chi connectivity index (χ0v) is 11.8. The van der Waals surface area contributed by atoms with Gasteiger partial charge in [-0.2, -0.15) is 0 Å². The number of carboxylic acid groups (broad SMARTS) is 1. The normalized spacial score (nSPS) is 13.9. The van der Waals surface area contributed by atoms with Gasteiger partial charge >= 0.3 is 11.9 Å². The van der Waals surface area contributed by atoms with E-state index in [0.717, 1.165) is 12.0 Å². The van der Waals surface area contributed by atoms with Crippen LogP contribution in [-0.2, 0) is 14.3 Å². The molecule has 4 nitrogen and oxygen atoms in total. The van der Waals surface area contributed by atoms with Crippen molar-refractivity contribution in [3.63, 3.8) is 0 Å². The Balaban J connectivity index is 2.62. The van der Waals surface area contributed by atoms with Crippen LogP contribution in [0.25, 0.3) is 6.08 Å². The lowest BCUT2D eigenvalue weighted by molar-refractivity contribution is -0.154. The smallest absolute Gasteiger partial charge is 0.331 e. The monoisotopic (exact) mass is 276 g/mol. The summed E-state index contributed by atoms with van der Waals surface area (Å²) in [6.45, 7) is 3.48. The van der Waals surface area contributed by atoms with Gasteiger partial charge in [-0.25, -0.2) is 4.79 Å². The molecule has 0 aromatic heterocycles. The van der Waals surface area contributed by atoms with Crippen LogP contribution in [-0.4, -0.2) is 23.1 Å². The van der Waals surface area contributed by atoms with E-state index in [4.69, 9.17) is 9.84 Å². The van der Waals surface area contributed by atoms with Gasteiger partial charge in [0.05, 0.1) is 5.92 Å².